The number of hydrogen-bond donors (Lipinski definition) is 0. The van der Waals surface area contributed by atoms with Crippen LogP contribution in [0.1, 0.15) is 44.9 Å². The second-order valence-corrected chi connectivity index (χ2v) is 10.0. The van der Waals surface area contributed by atoms with Crippen molar-refractivity contribution in [2.75, 3.05) is 25.6 Å². The molecule has 0 radical (unpaired) electrons. The fourth-order valence-corrected chi connectivity index (χ4v) is 5.20. The summed E-state index contributed by atoms with van der Waals surface area (Å²) in [6.45, 7) is 7.72. The molecule has 7 nitrogen and oxygen atoms in total. The van der Waals surface area contributed by atoms with Gasteiger partial charge < -0.3 is 14.4 Å². The van der Waals surface area contributed by atoms with Crippen LogP contribution in [0, 0.1) is 0 Å². The minimum atomic E-state index is -0.638. The van der Waals surface area contributed by atoms with Gasteiger partial charge in [0.15, 0.2) is 4.80 Å². The number of para-hydroxylation sites is 1. The number of anilines is 1. The molecule has 2 aromatic carbocycles. The zero-order chi connectivity index (χ0) is 26.0. The number of esters is 1. The van der Waals surface area contributed by atoms with Crippen molar-refractivity contribution in [2.45, 2.75) is 39.8 Å². The molecule has 0 unspecified atom stereocenters. The maximum absolute atomic E-state index is 13.8. The second kappa shape index (κ2) is 10.5. The van der Waals surface area contributed by atoms with Crippen molar-refractivity contribution < 1.29 is 14.3 Å². The zero-order valence-corrected chi connectivity index (χ0v) is 22.3. The minimum absolute atomic E-state index is 0.000641. The van der Waals surface area contributed by atoms with Gasteiger partial charge in [0.2, 0.25) is 0 Å². The molecule has 1 atom stereocenters. The summed E-state index contributed by atoms with van der Waals surface area (Å²) in [6.07, 6.45) is 1.83. The highest BCUT2D eigenvalue weighted by atomic mass is 32.1. The Hall–Kier alpha value is -3.65. The Bertz CT molecular complexity index is 1480. The van der Waals surface area contributed by atoms with E-state index in [0.29, 0.717) is 26.4 Å². The van der Waals surface area contributed by atoms with Crippen molar-refractivity contribution in [3.05, 3.63) is 90.6 Å². The summed E-state index contributed by atoms with van der Waals surface area (Å²) < 4.78 is 13.4. The Balaban J connectivity index is 1.92. The van der Waals surface area contributed by atoms with Crippen LogP contribution < -0.4 is 24.5 Å². The summed E-state index contributed by atoms with van der Waals surface area (Å²) in [5, 5.41) is 0. The van der Waals surface area contributed by atoms with E-state index >= 15 is 0 Å². The number of rotatable bonds is 7. The third kappa shape index (κ3) is 4.99. The van der Waals surface area contributed by atoms with E-state index in [2.05, 4.69) is 4.99 Å². The van der Waals surface area contributed by atoms with Gasteiger partial charge in [0.25, 0.3) is 5.56 Å². The number of carbonyl (C=O) groups is 1. The van der Waals surface area contributed by atoms with Crippen LogP contribution in [0.15, 0.2) is 69.6 Å². The lowest BCUT2D eigenvalue weighted by Gasteiger charge is -2.25. The molecule has 4 rings (SSSR count). The predicted octanol–water partition coefficient (Wildman–Crippen LogP) is 3.65. The van der Waals surface area contributed by atoms with Crippen LogP contribution in [0.3, 0.4) is 0 Å². The third-order valence-electron chi connectivity index (χ3n) is 5.81. The van der Waals surface area contributed by atoms with Crippen LogP contribution in [0.5, 0.6) is 5.75 Å². The zero-order valence-electron chi connectivity index (χ0n) is 21.4. The average molecular weight is 506 g/mol. The maximum atomic E-state index is 13.8. The van der Waals surface area contributed by atoms with Gasteiger partial charge in [-0.15, -0.1) is 0 Å². The number of hydrogen-bond acceptors (Lipinski definition) is 7. The standard InChI is InChI=1S/C28H31N3O4S/c1-7-34-27(33)24-18(4)29-28-31(25(24)19-12-14-21(15-13-19)30(5)6)26(32)23(36-28)16-20-10-8-9-11-22(20)35-17(2)3/h8-17,25H,7H2,1-6H3/b23-16-/t25-/m0/s1. The fourth-order valence-electron chi connectivity index (χ4n) is 4.16. The molecule has 2 heterocycles. The average Bonchev–Trinajstić information content (AvgIpc) is 3.13. The van der Waals surface area contributed by atoms with E-state index in [4.69, 9.17) is 9.47 Å². The van der Waals surface area contributed by atoms with E-state index in [-0.39, 0.29) is 18.3 Å². The first kappa shape index (κ1) is 25.4. The molecule has 0 fully saturated rings. The van der Waals surface area contributed by atoms with Crippen molar-refractivity contribution in [2.24, 2.45) is 4.99 Å². The minimum Gasteiger partial charge on any atom is -0.490 e. The molecule has 0 saturated heterocycles. The van der Waals surface area contributed by atoms with Gasteiger partial charge >= 0.3 is 5.97 Å². The molecule has 0 bridgehead atoms. The molecule has 3 aromatic rings. The number of aromatic nitrogens is 1. The van der Waals surface area contributed by atoms with Crippen LogP contribution >= 0.6 is 11.3 Å². The number of nitrogens with zero attached hydrogens (tertiary/aromatic N) is 3. The molecule has 1 aromatic heterocycles. The summed E-state index contributed by atoms with van der Waals surface area (Å²) >= 11 is 1.30. The number of fused-ring (bicyclic) bond motifs is 1. The molecule has 0 spiro atoms. The number of allylic oxidation sites excluding steroid dienone is 1. The number of ether oxygens (including phenoxy) is 2. The lowest BCUT2D eigenvalue weighted by atomic mass is 9.95. The topological polar surface area (TPSA) is 73.1 Å². The molecule has 1 aliphatic rings. The summed E-state index contributed by atoms with van der Waals surface area (Å²) in [5.41, 5.74) is 3.35. The van der Waals surface area contributed by atoms with Gasteiger partial charge in [-0.05, 0) is 57.5 Å². The van der Waals surface area contributed by atoms with Crippen LogP contribution in [0.4, 0.5) is 5.69 Å². The Kier molecular flexibility index (Phi) is 7.45. The van der Waals surface area contributed by atoms with Gasteiger partial charge in [0.05, 0.1) is 34.6 Å². The molecule has 0 amide bonds. The van der Waals surface area contributed by atoms with Crippen molar-refractivity contribution >= 4 is 29.1 Å². The Morgan fingerprint density at radius 3 is 2.50 bits per heavy atom. The van der Waals surface area contributed by atoms with Crippen molar-refractivity contribution in [3.8, 4) is 5.75 Å². The molecular weight excluding hydrogens is 474 g/mol. The number of carbonyl (C=O) groups excluding carboxylic acids is 1. The number of thiazole rings is 1. The smallest absolute Gasteiger partial charge is 0.338 e. The Morgan fingerprint density at radius 2 is 1.86 bits per heavy atom. The van der Waals surface area contributed by atoms with Crippen molar-refractivity contribution in [1.29, 1.82) is 0 Å². The maximum Gasteiger partial charge on any atom is 0.338 e. The molecule has 0 saturated carbocycles. The van der Waals surface area contributed by atoms with Crippen molar-refractivity contribution in [3.63, 3.8) is 0 Å². The molecule has 188 valence electrons. The highest BCUT2D eigenvalue weighted by molar-refractivity contribution is 7.07. The first-order chi connectivity index (χ1) is 17.2. The highest BCUT2D eigenvalue weighted by Crippen LogP contribution is 2.31. The number of benzene rings is 2. The van der Waals surface area contributed by atoms with Crippen LogP contribution in [-0.4, -0.2) is 37.3 Å². The SMILES string of the molecule is CCOC(=O)C1=C(C)N=c2s/c(=C\c3ccccc3OC(C)C)c(=O)n2[C@H]1c1ccc(N(C)C)cc1. The van der Waals surface area contributed by atoms with Gasteiger partial charge in [-0.2, -0.15) is 0 Å². The summed E-state index contributed by atoms with van der Waals surface area (Å²) in [5.74, 6) is 0.239. The van der Waals surface area contributed by atoms with E-state index in [1.807, 2.05) is 87.4 Å². The first-order valence-corrected chi connectivity index (χ1v) is 12.8. The second-order valence-electron chi connectivity index (χ2n) is 8.99. The lowest BCUT2D eigenvalue weighted by molar-refractivity contribution is -0.139. The lowest BCUT2D eigenvalue weighted by Crippen LogP contribution is -2.40. The van der Waals surface area contributed by atoms with E-state index in [0.717, 1.165) is 16.8 Å². The van der Waals surface area contributed by atoms with Crippen LogP contribution in [0.25, 0.3) is 6.08 Å². The van der Waals surface area contributed by atoms with E-state index in [1.165, 1.54) is 11.3 Å². The Labute approximate surface area is 214 Å². The molecule has 8 heteroatoms. The monoisotopic (exact) mass is 505 g/mol. The normalized spacial score (nSPS) is 15.5. The van der Waals surface area contributed by atoms with Gasteiger partial charge in [-0.3, -0.25) is 9.36 Å². The molecule has 0 aliphatic carbocycles. The largest absolute Gasteiger partial charge is 0.490 e. The summed E-state index contributed by atoms with van der Waals surface area (Å²) in [6, 6.07) is 14.8. The van der Waals surface area contributed by atoms with Gasteiger partial charge in [0.1, 0.15) is 5.75 Å². The van der Waals surface area contributed by atoms with Crippen LogP contribution in [-0.2, 0) is 9.53 Å². The van der Waals surface area contributed by atoms with E-state index < -0.39 is 12.0 Å². The first-order valence-electron chi connectivity index (χ1n) is 11.9. The van der Waals surface area contributed by atoms with Gasteiger partial charge in [0, 0.05) is 25.3 Å². The Morgan fingerprint density at radius 1 is 1.17 bits per heavy atom. The summed E-state index contributed by atoms with van der Waals surface area (Å²) in [7, 11) is 3.93. The molecular formula is C28H31N3O4S. The van der Waals surface area contributed by atoms with Crippen molar-refractivity contribution in [1.82, 2.24) is 4.57 Å². The third-order valence-corrected chi connectivity index (χ3v) is 6.79. The quantitative estimate of drug-likeness (QED) is 0.459. The molecule has 0 N–H and O–H groups in total. The summed E-state index contributed by atoms with van der Waals surface area (Å²) in [4.78, 5) is 34.0. The predicted molar refractivity (Wildman–Crippen MR) is 143 cm³/mol. The van der Waals surface area contributed by atoms with E-state index in [9.17, 15) is 9.59 Å². The highest BCUT2D eigenvalue weighted by Gasteiger charge is 2.33. The van der Waals surface area contributed by atoms with E-state index in [1.54, 1.807) is 18.4 Å². The molecule has 36 heavy (non-hydrogen) atoms. The van der Waals surface area contributed by atoms with Crippen LogP contribution in [0.2, 0.25) is 0 Å². The molecule has 1 aliphatic heterocycles. The van der Waals surface area contributed by atoms with Gasteiger partial charge in [-0.1, -0.05) is 41.7 Å². The van der Waals surface area contributed by atoms with Gasteiger partial charge in [-0.25, -0.2) is 9.79 Å². The fraction of sp³-hybridized carbons (Fsp3) is 0.321.